The normalized spacial score (nSPS) is 11.9. The molecule has 1 aromatic carbocycles. The highest BCUT2D eigenvalue weighted by atomic mass is 32.1. The average molecular weight is 254 g/mol. The van der Waals surface area contributed by atoms with E-state index in [4.69, 9.17) is 18.0 Å². The molecule has 0 radical (unpaired) electrons. The number of carbonyl (C=O) groups excluding carboxylic acids is 1. The number of hydrogen-bond acceptors (Lipinski definition) is 2. The summed E-state index contributed by atoms with van der Waals surface area (Å²) in [6.45, 7) is 3.61. The molecule has 0 bridgehead atoms. The summed E-state index contributed by atoms with van der Waals surface area (Å²) >= 11 is 4.81. The van der Waals surface area contributed by atoms with Crippen molar-refractivity contribution in [3.8, 4) is 0 Å². The minimum absolute atomic E-state index is 0.152. The Bertz CT molecular complexity index is 448. The van der Waals surface area contributed by atoms with Gasteiger partial charge in [0.2, 0.25) is 5.91 Å². The van der Waals surface area contributed by atoms with Crippen molar-refractivity contribution in [3.05, 3.63) is 29.6 Å². The molecule has 3 nitrogen and oxygen atoms in total. The smallest absolute Gasteiger partial charge is 0.234 e. The topological polar surface area (TPSA) is 55.1 Å². The Labute approximate surface area is 105 Å². The fraction of sp³-hybridized carbons (Fsp3) is 0.333. The third kappa shape index (κ3) is 3.49. The summed E-state index contributed by atoms with van der Waals surface area (Å²) in [4.78, 5) is 12.0. The van der Waals surface area contributed by atoms with E-state index in [2.05, 4.69) is 5.32 Å². The lowest BCUT2D eigenvalue weighted by Gasteiger charge is -2.14. The lowest BCUT2D eigenvalue weighted by atomic mass is 10.1. The van der Waals surface area contributed by atoms with Gasteiger partial charge in [-0.15, -0.1) is 0 Å². The van der Waals surface area contributed by atoms with Crippen LogP contribution >= 0.6 is 12.2 Å². The first-order valence-electron chi connectivity index (χ1n) is 5.32. The molecule has 17 heavy (non-hydrogen) atoms. The monoisotopic (exact) mass is 254 g/mol. The first-order chi connectivity index (χ1) is 7.95. The molecule has 0 aromatic heterocycles. The highest BCUT2D eigenvalue weighted by Gasteiger charge is 2.19. The van der Waals surface area contributed by atoms with Gasteiger partial charge in [0.25, 0.3) is 0 Å². The third-order valence-electron chi connectivity index (χ3n) is 2.53. The van der Waals surface area contributed by atoms with Gasteiger partial charge in [-0.2, -0.15) is 0 Å². The van der Waals surface area contributed by atoms with Crippen LogP contribution in [0.2, 0.25) is 0 Å². The molecule has 0 heterocycles. The van der Waals surface area contributed by atoms with E-state index in [0.29, 0.717) is 12.1 Å². The molecule has 3 N–H and O–H groups in total. The predicted octanol–water partition coefficient (Wildman–Crippen LogP) is 2.38. The van der Waals surface area contributed by atoms with Gasteiger partial charge in [-0.3, -0.25) is 4.79 Å². The van der Waals surface area contributed by atoms with Crippen molar-refractivity contribution in [3.63, 3.8) is 0 Å². The van der Waals surface area contributed by atoms with E-state index in [1.807, 2.05) is 6.92 Å². The number of nitrogens with one attached hydrogen (secondary N) is 1. The maximum Gasteiger partial charge on any atom is 0.234 e. The number of carbonyl (C=O) groups is 1. The minimum atomic E-state index is -0.521. The number of benzene rings is 1. The number of halogens is 1. The number of rotatable bonds is 4. The number of amides is 1. The van der Waals surface area contributed by atoms with Crippen LogP contribution in [0.25, 0.3) is 0 Å². The summed E-state index contributed by atoms with van der Waals surface area (Å²) in [7, 11) is 0. The van der Waals surface area contributed by atoms with Crippen molar-refractivity contribution in [1.29, 1.82) is 0 Å². The number of nitrogens with two attached hydrogens (primary N) is 1. The van der Waals surface area contributed by atoms with Gasteiger partial charge in [-0.1, -0.05) is 25.2 Å². The number of aryl methyl sites for hydroxylation is 1. The molecule has 0 aliphatic heterocycles. The van der Waals surface area contributed by atoms with E-state index < -0.39 is 11.7 Å². The summed E-state index contributed by atoms with van der Waals surface area (Å²) in [5.41, 5.74) is 6.70. The van der Waals surface area contributed by atoms with E-state index in [1.54, 1.807) is 13.0 Å². The largest absolute Gasteiger partial charge is 0.393 e. The molecule has 1 unspecified atom stereocenters. The van der Waals surface area contributed by atoms with Crippen LogP contribution < -0.4 is 11.1 Å². The zero-order valence-electron chi connectivity index (χ0n) is 9.79. The lowest BCUT2D eigenvalue weighted by Crippen LogP contribution is -2.32. The predicted molar refractivity (Wildman–Crippen MR) is 70.3 cm³/mol. The van der Waals surface area contributed by atoms with E-state index in [-0.39, 0.29) is 10.9 Å². The van der Waals surface area contributed by atoms with E-state index in [0.717, 1.165) is 5.56 Å². The minimum Gasteiger partial charge on any atom is -0.393 e. The van der Waals surface area contributed by atoms with Gasteiger partial charge in [0.05, 0.1) is 10.9 Å². The van der Waals surface area contributed by atoms with Gasteiger partial charge < -0.3 is 11.1 Å². The van der Waals surface area contributed by atoms with Crippen LogP contribution in [0.4, 0.5) is 10.1 Å². The molecular weight excluding hydrogens is 239 g/mol. The Kier molecular flexibility index (Phi) is 4.57. The van der Waals surface area contributed by atoms with Crippen LogP contribution in [0.3, 0.4) is 0 Å². The second-order valence-electron chi connectivity index (χ2n) is 3.81. The third-order valence-corrected chi connectivity index (χ3v) is 2.81. The molecular formula is C12H15FN2OS. The van der Waals surface area contributed by atoms with Gasteiger partial charge >= 0.3 is 0 Å². The lowest BCUT2D eigenvalue weighted by molar-refractivity contribution is -0.118. The molecule has 0 saturated heterocycles. The number of hydrogen-bond donors (Lipinski definition) is 2. The molecule has 1 amide bonds. The Morgan fingerprint density at radius 1 is 1.59 bits per heavy atom. The highest BCUT2D eigenvalue weighted by molar-refractivity contribution is 7.80. The fourth-order valence-electron chi connectivity index (χ4n) is 1.46. The summed E-state index contributed by atoms with van der Waals surface area (Å²) in [6.07, 6.45) is 0.523. The zero-order chi connectivity index (χ0) is 13.0. The first-order valence-corrected chi connectivity index (χ1v) is 5.72. The summed E-state index contributed by atoms with van der Waals surface area (Å²) in [6, 6.07) is 4.22. The quantitative estimate of drug-likeness (QED) is 0.811. The van der Waals surface area contributed by atoms with Crippen LogP contribution in [0.5, 0.6) is 0 Å². The fourth-order valence-corrected chi connectivity index (χ4v) is 1.74. The Morgan fingerprint density at radius 3 is 2.76 bits per heavy atom. The second kappa shape index (κ2) is 5.72. The van der Waals surface area contributed by atoms with E-state index >= 15 is 0 Å². The maximum absolute atomic E-state index is 13.0. The highest BCUT2D eigenvalue weighted by Crippen LogP contribution is 2.17. The summed E-state index contributed by atoms with van der Waals surface area (Å²) in [5.74, 6) is -1.21. The van der Waals surface area contributed by atoms with Gasteiger partial charge in [0, 0.05) is 5.69 Å². The van der Waals surface area contributed by atoms with Crippen molar-refractivity contribution in [2.75, 3.05) is 5.32 Å². The zero-order valence-corrected chi connectivity index (χ0v) is 10.6. The first kappa shape index (κ1) is 13.6. The maximum atomic E-state index is 13.0. The van der Waals surface area contributed by atoms with E-state index in [9.17, 15) is 9.18 Å². The SMILES string of the molecule is CCC(C(=O)Nc1cc(F)ccc1C)C(N)=S. The number of anilines is 1. The molecule has 5 heteroatoms. The summed E-state index contributed by atoms with van der Waals surface area (Å²) < 4.78 is 13.0. The summed E-state index contributed by atoms with van der Waals surface area (Å²) in [5, 5.41) is 2.64. The molecule has 0 saturated carbocycles. The van der Waals surface area contributed by atoms with Crippen LogP contribution in [-0.4, -0.2) is 10.9 Å². The van der Waals surface area contributed by atoms with Gasteiger partial charge in [-0.25, -0.2) is 4.39 Å². The molecule has 92 valence electrons. The second-order valence-corrected chi connectivity index (χ2v) is 4.28. The Hall–Kier alpha value is -1.49. The Morgan fingerprint density at radius 2 is 2.24 bits per heavy atom. The molecule has 1 rings (SSSR count). The average Bonchev–Trinajstić information content (AvgIpc) is 2.24. The van der Waals surface area contributed by atoms with Crippen molar-refractivity contribution < 1.29 is 9.18 Å². The molecule has 0 aliphatic rings. The van der Waals surface area contributed by atoms with Gasteiger partial charge in [0.1, 0.15) is 5.82 Å². The molecule has 1 aromatic rings. The van der Waals surface area contributed by atoms with Crippen LogP contribution in [-0.2, 0) is 4.79 Å². The van der Waals surface area contributed by atoms with Crippen LogP contribution in [0.1, 0.15) is 18.9 Å². The van der Waals surface area contributed by atoms with Crippen molar-refractivity contribution >= 4 is 28.8 Å². The Balaban J connectivity index is 2.87. The van der Waals surface area contributed by atoms with Gasteiger partial charge in [0.15, 0.2) is 0 Å². The van der Waals surface area contributed by atoms with Crippen LogP contribution in [0, 0.1) is 18.7 Å². The molecule has 1 atom stereocenters. The van der Waals surface area contributed by atoms with Gasteiger partial charge in [-0.05, 0) is 31.0 Å². The molecule has 0 spiro atoms. The standard InChI is InChI=1S/C12H15FN2OS/c1-3-9(11(14)17)12(16)15-10-6-8(13)5-4-7(10)2/h4-6,9H,3H2,1-2H3,(H2,14,17)(H,15,16). The van der Waals surface area contributed by atoms with E-state index in [1.165, 1.54) is 12.1 Å². The van der Waals surface area contributed by atoms with Crippen molar-refractivity contribution in [1.82, 2.24) is 0 Å². The van der Waals surface area contributed by atoms with Crippen LogP contribution in [0.15, 0.2) is 18.2 Å². The number of thiocarbonyl (C=S) groups is 1. The molecule has 0 fully saturated rings. The molecule has 0 aliphatic carbocycles. The van der Waals surface area contributed by atoms with Crippen molar-refractivity contribution in [2.45, 2.75) is 20.3 Å². The van der Waals surface area contributed by atoms with Crippen molar-refractivity contribution in [2.24, 2.45) is 11.7 Å².